The summed E-state index contributed by atoms with van der Waals surface area (Å²) in [6.45, 7) is 3.69. The number of benzene rings is 1. The van der Waals surface area contributed by atoms with Crippen molar-refractivity contribution in [3.63, 3.8) is 0 Å². The van der Waals surface area contributed by atoms with Crippen molar-refractivity contribution in [3.8, 4) is 5.75 Å². The first-order valence-electron chi connectivity index (χ1n) is 5.93. The maximum atomic E-state index is 13.0. The first kappa shape index (κ1) is 15.8. The van der Waals surface area contributed by atoms with Gasteiger partial charge in [-0.25, -0.2) is 0 Å². The second kappa shape index (κ2) is 6.23. The van der Waals surface area contributed by atoms with Crippen LogP contribution in [-0.4, -0.2) is 11.1 Å². The molecule has 1 atom stereocenters. The Hall–Kier alpha value is -1.30. The van der Waals surface area contributed by atoms with E-state index in [0.29, 0.717) is 6.42 Å². The molecule has 1 rings (SSSR count). The monoisotopic (exact) mass is 291 g/mol. The molecule has 1 aromatic carbocycles. The van der Waals surface area contributed by atoms with Gasteiger partial charge in [0.2, 0.25) is 0 Å². The van der Waals surface area contributed by atoms with Crippen LogP contribution in [0.15, 0.2) is 18.2 Å². The maximum Gasteiger partial charge on any atom is 0.419 e. The van der Waals surface area contributed by atoms with Gasteiger partial charge >= 0.3 is 6.18 Å². The fraction of sp³-hybridized carbons (Fsp3) is 0.462. The summed E-state index contributed by atoms with van der Waals surface area (Å²) in [4.78, 5) is -0.0707. The second-order valence-corrected chi connectivity index (χ2v) is 4.73. The van der Waals surface area contributed by atoms with Crippen molar-refractivity contribution in [1.82, 2.24) is 0 Å². The summed E-state index contributed by atoms with van der Waals surface area (Å²) in [7, 11) is 0. The number of thiocarbonyl (C=S) groups is 1. The highest BCUT2D eigenvalue weighted by Crippen LogP contribution is 2.37. The average Bonchev–Trinajstić information content (AvgIpc) is 2.27. The van der Waals surface area contributed by atoms with Crippen LogP contribution in [0.2, 0.25) is 0 Å². The zero-order valence-corrected chi connectivity index (χ0v) is 11.6. The van der Waals surface area contributed by atoms with Crippen LogP contribution in [0.1, 0.15) is 37.8 Å². The zero-order chi connectivity index (χ0) is 14.6. The van der Waals surface area contributed by atoms with Crippen LogP contribution >= 0.6 is 12.2 Å². The van der Waals surface area contributed by atoms with Gasteiger partial charge in [0.05, 0.1) is 11.7 Å². The normalized spacial score (nSPS) is 13.1. The SMILES string of the molecule is CCCC(C)Oc1ccc(C(N)=S)cc1C(F)(F)F. The first-order valence-corrected chi connectivity index (χ1v) is 6.34. The van der Waals surface area contributed by atoms with Gasteiger partial charge in [-0.2, -0.15) is 13.2 Å². The van der Waals surface area contributed by atoms with Gasteiger partial charge in [0.1, 0.15) is 10.7 Å². The largest absolute Gasteiger partial charge is 0.490 e. The minimum atomic E-state index is -4.50. The van der Waals surface area contributed by atoms with Gasteiger partial charge in [0.25, 0.3) is 0 Å². The molecule has 0 bridgehead atoms. The molecule has 106 valence electrons. The quantitative estimate of drug-likeness (QED) is 0.835. The van der Waals surface area contributed by atoms with Gasteiger partial charge in [-0.05, 0) is 31.5 Å². The number of alkyl halides is 3. The Labute approximate surface area is 115 Å². The Morgan fingerprint density at radius 1 is 1.42 bits per heavy atom. The van der Waals surface area contributed by atoms with Crippen LogP contribution in [0.5, 0.6) is 5.75 Å². The molecule has 0 aromatic heterocycles. The molecule has 0 aliphatic rings. The molecule has 0 amide bonds. The summed E-state index contributed by atoms with van der Waals surface area (Å²) in [5, 5.41) is 0. The fourth-order valence-corrected chi connectivity index (χ4v) is 1.82. The van der Waals surface area contributed by atoms with Gasteiger partial charge in [0, 0.05) is 5.56 Å². The summed E-state index contributed by atoms with van der Waals surface area (Å²) in [6.07, 6.45) is -3.24. The van der Waals surface area contributed by atoms with Gasteiger partial charge in [-0.15, -0.1) is 0 Å². The average molecular weight is 291 g/mol. The lowest BCUT2D eigenvalue weighted by Gasteiger charge is -2.19. The molecule has 0 saturated carbocycles. The number of halogens is 3. The molecule has 0 aliphatic carbocycles. The summed E-state index contributed by atoms with van der Waals surface area (Å²) in [5.74, 6) is -0.187. The third-order valence-electron chi connectivity index (χ3n) is 2.59. The maximum absolute atomic E-state index is 13.0. The Balaban J connectivity index is 3.13. The van der Waals surface area contributed by atoms with Crippen LogP contribution in [0, 0.1) is 0 Å². The van der Waals surface area contributed by atoms with E-state index in [1.807, 2.05) is 6.92 Å². The topological polar surface area (TPSA) is 35.2 Å². The van der Waals surface area contributed by atoms with E-state index in [0.717, 1.165) is 12.5 Å². The van der Waals surface area contributed by atoms with Crippen LogP contribution in [0.4, 0.5) is 13.2 Å². The number of ether oxygens (including phenoxy) is 1. The molecule has 2 N–H and O–H groups in total. The van der Waals surface area contributed by atoms with Crippen molar-refractivity contribution in [3.05, 3.63) is 29.3 Å². The van der Waals surface area contributed by atoms with E-state index < -0.39 is 11.7 Å². The van der Waals surface area contributed by atoms with Gasteiger partial charge < -0.3 is 10.5 Å². The number of hydrogen-bond donors (Lipinski definition) is 1. The lowest BCUT2D eigenvalue weighted by molar-refractivity contribution is -0.139. The van der Waals surface area contributed by atoms with Crippen molar-refractivity contribution in [1.29, 1.82) is 0 Å². The minimum absolute atomic E-state index is 0.0707. The summed E-state index contributed by atoms with van der Waals surface area (Å²) in [5.41, 5.74) is 4.68. The van der Waals surface area contributed by atoms with E-state index in [2.05, 4.69) is 12.2 Å². The highest BCUT2D eigenvalue weighted by molar-refractivity contribution is 7.80. The summed E-state index contributed by atoms with van der Waals surface area (Å²) < 4.78 is 44.2. The van der Waals surface area contributed by atoms with E-state index in [4.69, 9.17) is 10.5 Å². The molecule has 0 saturated heterocycles. The molecule has 19 heavy (non-hydrogen) atoms. The van der Waals surface area contributed by atoms with Crippen molar-refractivity contribution < 1.29 is 17.9 Å². The molecule has 0 fully saturated rings. The number of rotatable bonds is 5. The predicted molar refractivity (Wildman–Crippen MR) is 72.3 cm³/mol. The van der Waals surface area contributed by atoms with Crippen LogP contribution in [0.3, 0.4) is 0 Å². The lowest BCUT2D eigenvalue weighted by atomic mass is 10.1. The van der Waals surface area contributed by atoms with Crippen molar-refractivity contribution in [2.45, 2.75) is 39.0 Å². The highest BCUT2D eigenvalue weighted by atomic mass is 32.1. The first-order chi connectivity index (χ1) is 8.75. The highest BCUT2D eigenvalue weighted by Gasteiger charge is 2.35. The third-order valence-corrected chi connectivity index (χ3v) is 2.83. The van der Waals surface area contributed by atoms with E-state index in [-0.39, 0.29) is 22.4 Å². The molecule has 2 nitrogen and oxygen atoms in total. The van der Waals surface area contributed by atoms with E-state index in [1.54, 1.807) is 6.92 Å². The lowest BCUT2D eigenvalue weighted by Crippen LogP contribution is -2.17. The van der Waals surface area contributed by atoms with E-state index >= 15 is 0 Å². The molecular formula is C13H16F3NOS. The molecule has 0 heterocycles. The van der Waals surface area contributed by atoms with Crippen LogP contribution < -0.4 is 10.5 Å². The van der Waals surface area contributed by atoms with Crippen molar-refractivity contribution >= 4 is 17.2 Å². The molecule has 0 aliphatic heterocycles. The van der Waals surface area contributed by atoms with Crippen LogP contribution in [0.25, 0.3) is 0 Å². The van der Waals surface area contributed by atoms with E-state index in [9.17, 15) is 13.2 Å². The Morgan fingerprint density at radius 2 is 2.05 bits per heavy atom. The molecule has 0 spiro atoms. The summed E-state index contributed by atoms with van der Waals surface area (Å²) >= 11 is 4.69. The van der Waals surface area contributed by atoms with Gasteiger partial charge in [0.15, 0.2) is 0 Å². The molecule has 1 unspecified atom stereocenters. The standard InChI is InChI=1S/C13H16F3NOS/c1-3-4-8(2)18-11-6-5-9(12(17)19)7-10(11)13(14,15)16/h5-8H,3-4H2,1-2H3,(H2,17,19). The third kappa shape index (κ3) is 4.38. The smallest absolute Gasteiger partial charge is 0.419 e. The second-order valence-electron chi connectivity index (χ2n) is 4.29. The molecule has 6 heteroatoms. The van der Waals surface area contributed by atoms with E-state index in [1.165, 1.54) is 12.1 Å². The van der Waals surface area contributed by atoms with Gasteiger partial charge in [-0.3, -0.25) is 0 Å². The molecule has 0 radical (unpaired) electrons. The van der Waals surface area contributed by atoms with Gasteiger partial charge in [-0.1, -0.05) is 25.6 Å². The molecular weight excluding hydrogens is 275 g/mol. The predicted octanol–water partition coefficient (Wildman–Crippen LogP) is 3.91. The number of hydrogen-bond acceptors (Lipinski definition) is 2. The zero-order valence-electron chi connectivity index (χ0n) is 10.8. The van der Waals surface area contributed by atoms with Crippen molar-refractivity contribution in [2.24, 2.45) is 5.73 Å². The summed E-state index contributed by atoms with van der Waals surface area (Å²) in [6, 6.07) is 3.63. The Morgan fingerprint density at radius 3 is 2.53 bits per heavy atom. The fourth-order valence-electron chi connectivity index (χ4n) is 1.69. The number of nitrogens with two attached hydrogens (primary N) is 1. The minimum Gasteiger partial charge on any atom is -0.490 e. The van der Waals surface area contributed by atoms with Crippen LogP contribution in [-0.2, 0) is 6.18 Å². The van der Waals surface area contributed by atoms with Crippen molar-refractivity contribution in [2.75, 3.05) is 0 Å². The molecule has 1 aromatic rings. The Kier molecular flexibility index (Phi) is 5.17. The Bertz CT molecular complexity index is 460.